The SMILES string of the molecule is O=[N+]([O-])c1ccccc1S(=O)(=O)/N=C(/C1CCCCC1)N1CCOCC1. The summed E-state index contributed by atoms with van der Waals surface area (Å²) in [6.45, 7) is 2.22. The number of rotatable bonds is 4. The smallest absolute Gasteiger partial charge is 0.290 e. The van der Waals surface area contributed by atoms with Gasteiger partial charge in [-0.3, -0.25) is 10.1 Å². The molecule has 1 aliphatic carbocycles. The van der Waals surface area contributed by atoms with E-state index >= 15 is 0 Å². The summed E-state index contributed by atoms with van der Waals surface area (Å²) in [6.07, 6.45) is 5.01. The molecule has 0 bridgehead atoms. The van der Waals surface area contributed by atoms with Gasteiger partial charge in [0, 0.05) is 25.1 Å². The zero-order chi connectivity index (χ0) is 18.6. The third kappa shape index (κ3) is 4.21. The van der Waals surface area contributed by atoms with Gasteiger partial charge in [-0.25, -0.2) is 0 Å². The number of para-hydroxylation sites is 1. The van der Waals surface area contributed by atoms with Crippen molar-refractivity contribution in [2.45, 2.75) is 37.0 Å². The van der Waals surface area contributed by atoms with Crippen LogP contribution in [0.1, 0.15) is 32.1 Å². The number of hydrogen-bond acceptors (Lipinski definition) is 5. The third-order valence-electron chi connectivity index (χ3n) is 4.86. The van der Waals surface area contributed by atoms with Crippen molar-refractivity contribution >= 4 is 21.5 Å². The standard InChI is InChI=1S/C17H23N3O5S/c21-20(22)15-8-4-5-9-16(15)26(23,24)18-17(14-6-2-1-3-7-14)19-10-12-25-13-11-19/h4-5,8-9,14H,1-3,6-7,10-13H2/b18-17-. The van der Waals surface area contributed by atoms with E-state index in [0.717, 1.165) is 32.1 Å². The lowest BCUT2D eigenvalue weighted by molar-refractivity contribution is -0.387. The maximum atomic E-state index is 12.9. The summed E-state index contributed by atoms with van der Waals surface area (Å²) in [5.74, 6) is 0.602. The van der Waals surface area contributed by atoms with Gasteiger partial charge in [0.2, 0.25) is 0 Å². The Hall–Kier alpha value is -2.00. The largest absolute Gasteiger partial charge is 0.378 e. The van der Waals surface area contributed by atoms with E-state index in [1.54, 1.807) is 0 Å². The van der Waals surface area contributed by atoms with Gasteiger partial charge in [0.15, 0.2) is 4.90 Å². The van der Waals surface area contributed by atoms with Crippen LogP contribution in [-0.4, -0.2) is 50.4 Å². The molecular weight excluding hydrogens is 358 g/mol. The summed E-state index contributed by atoms with van der Waals surface area (Å²) < 4.78 is 35.3. The molecule has 0 atom stereocenters. The van der Waals surface area contributed by atoms with E-state index in [2.05, 4.69) is 4.40 Å². The first kappa shape index (κ1) is 18.8. The number of morpholine rings is 1. The van der Waals surface area contributed by atoms with Crippen molar-refractivity contribution in [3.8, 4) is 0 Å². The highest BCUT2D eigenvalue weighted by Gasteiger charge is 2.30. The first-order valence-corrected chi connectivity index (χ1v) is 10.3. The molecule has 0 N–H and O–H groups in total. The lowest BCUT2D eigenvalue weighted by Crippen LogP contribution is -2.44. The monoisotopic (exact) mass is 381 g/mol. The predicted molar refractivity (Wildman–Crippen MR) is 96.7 cm³/mol. The Morgan fingerprint density at radius 2 is 1.81 bits per heavy atom. The van der Waals surface area contributed by atoms with Gasteiger partial charge >= 0.3 is 0 Å². The summed E-state index contributed by atoms with van der Waals surface area (Å²) in [7, 11) is -4.17. The molecule has 26 heavy (non-hydrogen) atoms. The number of ether oxygens (including phenoxy) is 1. The van der Waals surface area contributed by atoms with Crippen molar-refractivity contribution in [2.24, 2.45) is 10.3 Å². The average molecular weight is 381 g/mol. The lowest BCUT2D eigenvalue weighted by atomic mass is 9.88. The molecule has 9 heteroatoms. The van der Waals surface area contributed by atoms with Crippen LogP contribution >= 0.6 is 0 Å². The van der Waals surface area contributed by atoms with Crippen molar-refractivity contribution < 1.29 is 18.1 Å². The molecule has 0 unspecified atom stereocenters. The van der Waals surface area contributed by atoms with Gasteiger partial charge < -0.3 is 9.64 Å². The second-order valence-electron chi connectivity index (χ2n) is 6.58. The van der Waals surface area contributed by atoms with Crippen LogP contribution in [0.2, 0.25) is 0 Å². The minimum Gasteiger partial charge on any atom is -0.378 e. The first-order valence-electron chi connectivity index (χ1n) is 8.90. The fourth-order valence-corrected chi connectivity index (χ4v) is 4.81. The first-order chi connectivity index (χ1) is 12.5. The van der Waals surface area contributed by atoms with Crippen LogP contribution in [0.15, 0.2) is 33.6 Å². The second-order valence-corrected chi connectivity index (χ2v) is 8.16. The summed E-state index contributed by atoms with van der Waals surface area (Å²) in [4.78, 5) is 12.1. The Kier molecular flexibility index (Phi) is 5.87. The molecule has 0 amide bonds. The minimum atomic E-state index is -4.17. The van der Waals surface area contributed by atoms with E-state index in [-0.39, 0.29) is 10.8 Å². The van der Waals surface area contributed by atoms with Gasteiger partial charge in [0.1, 0.15) is 5.84 Å². The maximum Gasteiger partial charge on any atom is 0.290 e. The number of nitro benzene ring substituents is 1. The van der Waals surface area contributed by atoms with Crippen LogP contribution in [0.25, 0.3) is 0 Å². The van der Waals surface area contributed by atoms with E-state index < -0.39 is 20.6 Å². The number of nitro groups is 1. The van der Waals surface area contributed by atoms with E-state index in [0.29, 0.717) is 32.1 Å². The fraction of sp³-hybridized carbons (Fsp3) is 0.588. The molecule has 1 aromatic carbocycles. The Balaban J connectivity index is 2.01. The molecule has 0 aromatic heterocycles. The van der Waals surface area contributed by atoms with E-state index in [4.69, 9.17) is 4.74 Å². The molecule has 3 rings (SSSR count). The van der Waals surface area contributed by atoms with Crippen LogP contribution in [-0.2, 0) is 14.8 Å². The molecule has 1 heterocycles. The van der Waals surface area contributed by atoms with Crippen LogP contribution in [0.5, 0.6) is 0 Å². The molecule has 2 aliphatic rings. The van der Waals surface area contributed by atoms with Crippen molar-refractivity contribution in [3.63, 3.8) is 0 Å². The van der Waals surface area contributed by atoms with Crippen LogP contribution < -0.4 is 0 Å². The van der Waals surface area contributed by atoms with Crippen LogP contribution in [0.4, 0.5) is 5.69 Å². The molecule has 1 saturated carbocycles. The minimum absolute atomic E-state index is 0.0689. The molecule has 1 saturated heterocycles. The fourth-order valence-electron chi connectivity index (χ4n) is 3.54. The van der Waals surface area contributed by atoms with Crippen molar-refractivity contribution in [1.82, 2.24) is 4.90 Å². The van der Waals surface area contributed by atoms with E-state index in [1.807, 2.05) is 4.90 Å². The third-order valence-corrected chi connectivity index (χ3v) is 6.19. The number of amidine groups is 1. The second kappa shape index (κ2) is 8.13. The van der Waals surface area contributed by atoms with Gasteiger partial charge in [-0.1, -0.05) is 31.4 Å². The molecule has 0 spiro atoms. The Morgan fingerprint density at radius 3 is 2.46 bits per heavy atom. The molecule has 0 radical (unpaired) electrons. The average Bonchev–Trinajstić information content (AvgIpc) is 2.67. The number of hydrogen-bond donors (Lipinski definition) is 0. The summed E-state index contributed by atoms with van der Waals surface area (Å²) in [5.41, 5.74) is -0.443. The molecule has 1 aliphatic heterocycles. The van der Waals surface area contributed by atoms with Gasteiger partial charge in [-0.15, -0.1) is 4.40 Å². The topological polar surface area (TPSA) is 102 Å². The van der Waals surface area contributed by atoms with Crippen molar-refractivity contribution in [3.05, 3.63) is 34.4 Å². The quantitative estimate of drug-likeness (QED) is 0.344. The number of nitrogens with zero attached hydrogens (tertiary/aromatic N) is 3. The predicted octanol–water partition coefficient (Wildman–Crippen LogP) is 2.59. The number of sulfonamides is 1. The maximum absolute atomic E-state index is 12.9. The Morgan fingerprint density at radius 1 is 1.15 bits per heavy atom. The van der Waals surface area contributed by atoms with Crippen molar-refractivity contribution in [1.29, 1.82) is 0 Å². The normalized spacial score (nSPS) is 20.2. The van der Waals surface area contributed by atoms with Gasteiger partial charge in [0.25, 0.3) is 15.7 Å². The molecule has 2 fully saturated rings. The highest BCUT2D eigenvalue weighted by molar-refractivity contribution is 7.90. The zero-order valence-electron chi connectivity index (χ0n) is 14.5. The number of benzene rings is 1. The van der Waals surface area contributed by atoms with Crippen molar-refractivity contribution in [2.75, 3.05) is 26.3 Å². The molecule has 8 nitrogen and oxygen atoms in total. The van der Waals surface area contributed by atoms with E-state index in [9.17, 15) is 18.5 Å². The summed E-state index contributed by atoms with van der Waals surface area (Å²) in [5, 5.41) is 11.2. The van der Waals surface area contributed by atoms with E-state index in [1.165, 1.54) is 24.3 Å². The van der Waals surface area contributed by atoms with Gasteiger partial charge in [-0.2, -0.15) is 8.42 Å². The highest BCUT2D eigenvalue weighted by Crippen LogP contribution is 2.30. The summed E-state index contributed by atoms with van der Waals surface area (Å²) in [6, 6.07) is 5.36. The molecule has 1 aromatic rings. The lowest BCUT2D eigenvalue weighted by Gasteiger charge is -2.35. The molecular formula is C17H23N3O5S. The van der Waals surface area contributed by atoms with Crippen LogP contribution in [0, 0.1) is 16.0 Å². The summed E-state index contributed by atoms with van der Waals surface area (Å²) >= 11 is 0. The zero-order valence-corrected chi connectivity index (χ0v) is 15.4. The van der Waals surface area contributed by atoms with Crippen LogP contribution in [0.3, 0.4) is 0 Å². The Labute approximate surface area is 153 Å². The molecule has 142 valence electrons. The highest BCUT2D eigenvalue weighted by atomic mass is 32.2. The van der Waals surface area contributed by atoms with Gasteiger partial charge in [-0.05, 0) is 18.9 Å². The Bertz CT molecular complexity index is 761. The van der Waals surface area contributed by atoms with Gasteiger partial charge in [0.05, 0.1) is 18.1 Å².